The van der Waals surface area contributed by atoms with Crippen LogP contribution in [-0.4, -0.2) is 4.57 Å². The highest BCUT2D eigenvalue weighted by atomic mass is 15.1. The fourth-order valence-electron chi connectivity index (χ4n) is 3.50. The van der Waals surface area contributed by atoms with Crippen molar-refractivity contribution in [1.29, 1.82) is 0 Å². The Morgan fingerprint density at radius 3 is 2.00 bits per heavy atom. The lowest BCUT2D eigenvalue weighted by atomic mass is 10.1. The van der Waals surface area contributed by atoms with Crippen LogP contribution in [0.2, 0.25) is 0 Å². The maximum atomic E-state index is 2.55. The van der Waals surface area contributed by atoms with Crippen molar-refractivity contribution in [3.8, 4) is 0 Å². The highest BCUT2D eigenvalue weighted by Crippen LogP contribution is 2.10. The van der Waals surface area contributed by atoms with Crippen LogP contribution in [0.15, 0.2) is 12.4 Å². The SMILES string of the molecule is CCCCCCCCn1cc[n+](CCCCC)c1CCCCCC. The molecular weight excluding hydrogens is 292 g/mol. The van der Waals surface area contributed by atoms with Gasteiger partial charge in [0.15, 0.2) is 0 Å². The van der Waals surface area contributed by atoms with Gasteiger partial charge in [-0.25, -0.2) is 9.13 Å². The van der Waals surface area contributed by atoms with E-state index >= 15 is 0 Å². The summed E-state index contributed by atoms with van der Waals surface area (Å²) in [5, 5.41) is 0. The maximum Gasteiger partial charge on any atom is 0.256 e. The zero-order valence-corrected chi connectivity index (χ0v) is 16.9. The van der Waals surface area contributed by atoms with Gasteiger partial charge in [0.1, 0.15) is 12.4 Å². The van der Waals surface area contributed by atoms with Crippen LogP contribution < -0.4 is 4.57 Å². The van der Waals surface area contributed by atoms with Crippen LogP contribution in [-0.2, 0) is 19.5 Å². The zero-order chi connectivity index (χ0) is 17.5. The summed E-state index contributed by atoms with van der Waals surface area (Å²) in [6.45, 7) is 9.31. The normalized spacial score (nSPS) is 11.3. The van der Waals surface area contributed by atoms with Crippen LogP contribution in [0.25, 0.3) is 0 Å². The molecule has 0 saturated carbocycles. The molecule has 0 aliphatic carbocycles. The third-order valence-corrected chi connectivity index (χ3v) is 5.10. The number of hydrogen-bond acceptors (Lipinski definition) is 0. The van der Waals surface area contributed by atoms with Crippen LogP contribution in [0.1, 0.15) is 110 Å². The topological polar surface area (TPSA) is 8.81 Å². The van der Waals surface area contributed by atoms with E-state index in [1.54, 1.807) is 5.82 Å². The molecule has 1 rings (SSSR count). The van der Waals surface area contributed by atoms with Gasteiger partial charge in [-0.2, -0.15) is 0 Å². The molecule has 1 heterocycles. The van der Waals surface area contributed by atoms with Crippen molar-refractivity contribution < 1.29 is 4.57 Å². The summed E-state index contributed by atoms with van der Waals surface area (Å²) in [6, 6.07) is 0. The Bertz CT molecular complexity index is 395. The lowest BCUT2D eigenvalue weighted by Gasteiger charge is -2.06. The predicted molar refractivity (Wildman–Crippen MR) is 105 cm³/mol. The smallest absolute Gasteiger partial charge is 0.234 e. The van der Waals surface area contributed by atoms with Crippen LogP contribution in [0.5, 0.6) is 0 Å². The van der Waals surface area contributed by atoms with Crippen LogP contribution in [0.4, 0.5) is 0 Å². The van der Waals surface area contributed by atoms with Crippen LogP contribution >= 0.6 is 0 Å². The van der Waals surface area contributed by atoms with Gasteiger partial charge in [0, 0.05) is 6.42 Å². The number of aryl methyl sites for hydroxylation is 2. The molecule has 0 unspecified atom stereocenters. The highest BCUT2D eigenvalue weighted by molar-refractivity contribution is 4.84. The molecule has 2 nitrogen and oxygen atoms in total. The van der Waals surface area contributed by atoms with E-state index in [1.807, 2.05) is 0 Å². The van der Waals surface area contributed by atoms with Crippen molar-refractivity contribution in [3.63, 3.8) is 0 Å². The summed E-state index contributed by atoms with van der Waals surface area (Å²) in [4.78, 5) is 0. The van der Waals surface area contributed by atoms with Crippen molar-refractivity contribution in [2.75, 3.05) is 0 Å². The fraction of sp³-hybridized carbons (Fsp3) is 0.864. The molecule has 0 aliphatic heterocycles. The Hall–Kier alpha value is -0.790. The lowest BCUT2D eigenvalue weighted by Crippen LogP contribution is -2.37. The molecule has 140 valence electrons. The molecule has 0 amide bonds. The Morgan fingerprint density at radius 2 is 1.29 bits per heavy atom. The van der Waals surface area contributed by atoms with Gasteiger partial charge in [0.2, 0.25) is 0 Å². The Morgan fingerprint density at radius 1 is 0.708 bits per heavy atom. The average Bonchev–Trinajstić information content (AvgIpc) is 2.97. The van der Waals surface area contributed by atoms with E-state index in [2.05, 4.69) is 42.3 Å². The van der Waals surface area contributed by atoms with Crippen molar-refractivity contribution in [3.05, 3.63) is 18.2 Å². The number of unbranched alkanes of at least 4 members (excludes halogenated alkanes) is 10. The first-order valence-corrected chi connectivity index (χ1v) is 10.9. The molecule has 2 heteroatoms. The standard InChI is InChI=1S/C22H43N2/c1-4-7-10-12-13-16-19-24-21-20-23(18-15-9-6-3)22(24)17-14-11-8-5-2/h20-21H,4-19H2,1-3H3/q+1. The minimum atomic E-state index is 1.21. The first-order chi connectivity index (χ1) is 11.8. The molecule has 0 aromatic carbocycles. The second-order valence-corrected chi connectivity index (χ2v) is 7.39. The van der Waals surface area contributed by atoms with Gasteiger partial charge in [-0.05, 0) is 32.1 Å². The number of aromatic nitrogens is 2. The third-order valence-electron chi connectivity index (χ3n) is 5.10. The molecule has 1 aromatic rings. The predicted octanol–water partition coefficient (Wildman–Crippen LogP) is 6.45. The summed E-state index contributed by atoms with van der Waals surface area (Å²) in [6.07, 6.45) is 23.7. The van der Waals surface area contributed by atoms with E-state index in [-0.39, 0.29) is 0 Å². The minimum Gasteiger partial charge on any atom is -0.234 e. The quantitative estimate of drug-likeness (QED) is 0.242. The van der Waals surface area contributed by atoms with Crippen molar-refractivity contribution in [2.24, 2.45) is 0 Å². The van der Waals surface area contributed by atoms with E-state index in [0.29, 0.717) is 0 Å². The van der Waals surface area contributed by atoms with E-state index in [0.717, 1.165) is 0 Å². The fourth-order valence-corrected chi connectivity index (χ4v) is 3.50. The summed E-state index contributed by atoms with van der Waals surface area (Å²) < 4.78 is 5.09. The van der Waals surface area contributed by atoms with E-state index in [9.17, 15) is 0 Å². The molecule has 0 spiro atoms. The number of imidazole rings is 1. The van der Waals surface area contributed by atoms with E-state index in [1.165, 1.54) is 103 Å². The van der Waals surface area contributed by atoms with Crippen LogP contribution in [0.3, 0.4) is 0 Å². The van der Waals surface area contributed by atoms with Crippen molar-refractivity contribution >= 4 is 0 Å². The van der Waals surface area contributed by atoms with E-state index < -0.39 is 0 Å². The van der Waals surface area contributed by atoms with Crippen molar-refractivity contribution in [1.82, 2.24) is 4.57 Å². The molecule has 0 atom stereocenters. The number of hydrogen-bond donors (Lipinski definition) is 0. The van der Waals surface area contributed by atoms with Gasteiger partial charge < -0.3 is 0 Å². The van der Waals surface area contributed by atoms with Gasteiger partial charge in [0.25, 0.3) is 5.82 Å². The summed E-state index contributed by atoms with van der Waals surface area (Å²) in [5.74, 6) is 1.58. The summed E-state index contributed by atoms with van der Waals surface area (Å²) in [5.41, 5.74) is 0. The first-order valence-electron chi connectivity index (χ1n) is 10.9. The molecule has 1 aromatic heterocycles. The molecule has 0 fully saturated rings. The van der Waals surface area contributed by atoms with Gasteiger partial charge in [0.05, 0.1) is 13.1 Å². The van der Waals surface area contributed by atoms with E-state index in [4.69, 9.17) is 0 Å². The van der Waals surface area contributed by atoms with Crippen molar-refractivity contribution in [2.45, 2.75) is 124 Å². The third kappa shape index (κ3) is 8.89. The minimum absolute atomic E-state index is 1.21. The molecule has 0 bridgehead atoms. The Kier molecular flexibility index (Phi) is 12.9. The molecule has 0 saturated heterocycles. The number of rotatable bonds is 16. The first kappa shape index (κ1) is 21.3. The zero-order valence-electron chi connectivity index (χ0n) is 16.9. The van der Waals surface area contributed by atoms with Crippen LogP contribution in [0, 0.1) is 0 Å². The monoisotopic (exact) mass is 335 g/mol. The second kappa shape index (κ2) is 14.5. The van der Waals surface area contributed by atoms with Gasteiger partial charge in [-0.15, -0.1) is 0 Å². The molecule has 0 N–H and O–H groups in total. The Balaban J connectivity index is 2.47. The van der Waals surface area contributed by atoms with Gasteiger partial charge in [-0.1, -0.05) is 72.1 Å². The summed E-state index contributed by atoms with van der Waals surface area (Å²) >= 11 is 0. The molecule has 0 radical (unpaired) electrons. The summed E-state index contributed by atoms with van der Waals surface area (Å²) in [7, 11) is 0. The molecule has 24 heavy (non-hydrogen) atoms. The Labute approximate surface area is 151 Å². The molecule has 0 aliphatic rings. The maximum absolute atomic E-state index is 2.55. The largest absolute Gasteiger partial charge is 0.256 e. The number of nitrogens with zero attached hydrogens (tertiary/aromatic N) is 2. The highest BCUT2D eigenvalue weighted by Gasteiger charge is 2.16. The lowest BCUT2D eigenvalue weighted by molar-refractivity contribution is -0.704. The molecular formula is C22H43N2+. The van der Waals surface area contributed by atoms with Gasteiger partial charge in [-0.3, -0.25) is 0 Å². The van der Waals surface area contributed by atoms with Gasteiger partial charge >= 0.3 is 0 Å². The second-order valence-electron chi connectivity index (χ2n) is 7.39. The average molecular weight is 336 g/mol.